The Hall–Kier alpha value is -1.85. The van der Waals surface area contributed by atoms with Crippen LogP contribution in [0.2, 0.25) is 0 Å². The van der Waals surface area contributed by atoms with Gasteiger partial charge in [-0.05, 0) is 46.5 Å². The van der Waals surface area contributed by atoms with E-state index in [1.165, 1.54) is 0 Å². The highest BCUT2D eigenvalue weighted by molar-refractivity contribution is 5.84. The van der Waals surface area contributed by atoms with Crippen molar-refractivity contribution in [2.45, 2.75) is 70.9 Å². The first kappa shape index (κ1) is 19.5. The van der Waals surface area contributed by atoms with Crippen molar-refractivity contribution in [2.75, 3.05) is 13.1 Å². The van der Waals surface area contributed by atoms with Crippen LogP contribution in [0.25, 0.3) is 0 Å². The van der Waals surface area contributed by atoms with Crippen LogP contribution in [-0.4, -0.2) is 47.4 Å². The van der Waals surface area contributed by atoms with Gasteiger partial charge in [0.25, 0.3) is 0 Å². The largest absolute Gasteiger partial charge is 0.460 e. The van der Waals surface area contributed by atoms with Crippen molar-refractivity contribution in [3.63, 3.8) is 0 Å². The van der Waals surface area contributed by atoms with Crippen LogP contribution in [0.15, 0.2) is 12.2 Å². The molecule has 2 aliphatic rings. The number of fused-ring (bicyclic) bond motifs is 1. The number of nitrogens with one attached hydrogen (secondary N) is 1. The smallest absolute Gasteiger partial charge is 0.307 e. The Bertz CT molecular complexity index is 536. The second-order valence-electron chi connectivity index (χ2n) is 7.87. The first-order chi connectivity index (χ1) is 11.8. The highest BCUT2D eigenvalue weighted by Gasteiger charge is 2.34. The molecule has 0 saturated carbocycles. The molecule has 0 aliphatic carbocycles. The van der Waals surface area contributed by atoms with E-state index >= 15 is 0 Å². The monoisotopic (exact) mass is 350 g/mol. The van der Waals surface area contributed by atoms with Crippen molar-refractivity contribution >= 4 is 17.8 Å². The minimum atomic E-state index is -0.554. The molecule has 1 saturated heterocycles. The molecular weight excluding hydrogens is 320 g/mol. The maximum atomic E-state index is 13.0. The number of rotatable bonds is 2. The molecule has 2 aliphatic heterocycles. The Morgan fingerprint density at radius 3 is 2.80 bits per heavy atom. The number of hydrogen-bond acceptors (Lipinski definition) is 4. The lowest BCUT2D eigenvalue weighted by molar-refractivity contribution is -0.158. The fourth-order valence-electron chi connectivity index (χ4n) is 3.34. The Kier molecular flexibility index (Phi) is 6.62. The second kappa shape index (κ2) is 8.50. The number of carbonyl (C=O) groups excluding carboxylic acids is 3. The van der Waals surface area contributed by atoms with Gasteiger partial charge in [0.2, 0.25) is 11.8 Å². The average molecular weight is 350 g/mol. The Morgan fingerprint density at radius 1 is 1.32 bits per heavy atom. The van der Waals surface area contributed by atoms with Crippen LogP contribution in [0.4, 0.5) is 0 Å². The zero-order valence-corrected chi connectivity index (χ0v) is 15.5. The predicted octanol–water partition coefficient (Wildman–Crippen LogP) is 2.18. The molecule has 6 nitrogen and oxygen atoms in total. The molecular formula is C19H30N2O4. The van der Waals surface area contributed by atoms with E-state index in [0.29, 0.717) is 32.4 Å². The van der Waals surface area contributed by atoms with E-state index in [2.05, 4.69) is 5.32 Å². The molecule has 6 heteroatoms. The Morgan fingerprint density at radius 2 is 2.08 bits per heavy atom. The fraction of sp³-hybridized carbons (Fsp3) is 0.737. The minimum absolute atomic E-state index is 0.00664. The van der Waals surface area contributed by atoms with Crippen molar-refractivity contribution in [1.82, 2.24) is 10.2 Å². The molecule has 2 heterocycles. The number of esters is 1. The van der Waals surface area contributed by atoms with Crippen LogP contribution >= 0.6 is 0 Å². The van der Waals surface area contributed by atoms with Crippen molar-refractivity contribution in [1.29, 1.82) is 0 Å². The summed E-state index contributed by atoms with van der Waals surface area (Å²) in [7, 11) is 0. The maximum Gasteiger partial charge on any atom is 0.307 e. The first-order valence-electron chi connectivity index (χ1n) is 9.20. The predicted molar refractivity (Wildman–Crippen MR) is 94.7 cm³/mol. The van der Waals surface area contributed by atoms with Gasteiger partial charge in [0.1, 0.15) is 5.60 Å². The summed E-state index contributed by atoms with van der Waals surface area (Å²) in [6.07, 6.45) is 7.34. The van der Waals surface area contributed by atoms with Crippen molar-refractivity contribution in [3.05, 3.63) is 12.2 Å². The first-order valence-corrected chi connectivity index (χ1v) is 9.20. The Balaban J connectivity index is 2.11. The van der Waals surface area contributed by atoms with E-state index in [4.69, 9.17) is 4.74 Å². The summed E-state index contributed by atoms with van der Waals surface area (Å²) < 4.78 is 5.40. The molecule has 140 valence electrons. The topological polar surface area (TPSA) is 75.7 Å². The quantitative estimate of drug-likeness (QED) is 0.612. The van der Waals surface area contributed by atoms with Gasteiger partial charge < -0.3 is 15.0 Å². The Labute approximate surface area is 150 Å². The lowest BCUT2D eigenvalue weighted by Gasteiger charge is -2.29. The van der Waals surface area contributed by atoms with Gasteiger partial charge in [0, 0.05) is 25.6 Å². The molecule has 0 aromatic heterocycles. The highest BCUT2D eigenvalue weighted by Crippen LogP contribution is 2.24. The molecule has 2 atom stereocenters. The van der Waals surface area contributed by atoms with Crippen LogP contribution in [0.3, 0.4) is 0 Å². The third-order valence-corrected chi connectivity index (χ3v) is 4.50. The normalized spacial score (nSPS) is 26.9. The zero-order valence-electron chi connectivity index (χ0n) is 15.5. The number of nitrogens with zero attached hydrogens (tertiary/aromatic N) is 1. The summed E-state index contributed by atoms with van der Waals surface area (Å²) in [6.45, 7) is 6.66. The molecule has 0 spiro atoms. The highest BCUT2D eigenvalue weighted by atomic mass is 16.6. The second-order valence-corrected chi connectivity index (χ2v) is 7.87. The van der Waals surface area contributed by atoms with Crippen LogP contribution in [0.5, 0.6) is 0 Å². The van der Waals surface area contributed by atoms with Gasteiger partial charge in [-0.2, -0.15) is 0 Å². The molecule has 2 rings (SSSR count). The third-order valence-electron chi connectivity index (χ3n) is 4.50. The summed E-state index contributed by atoms with van der Waals surface area (Å²) >= 11 is 0. The van der Waals surface area contributed by atoms with Crippen molar-refractivity contribution in [2.24, 2.45) is 5.92 Å². The van der Waals surface area contributed by atoms with E-state index in [1.54, 1.807) is 0 Å². The van der Waals surface area contributed by atoms with Crippen LogP contribution in [-0.2, 0) is 19.1 Å². The van der Waals surface area contributed by atoms with Gasteiger partial charge in [-0.1, -0.05) is 12.2 Å². The van der Waals surface area contributed by atoms with Gasteiger partial charge in [0.05, 0.1) is 12.3 Å². The van der Waals surface area contributed by atoms with E-state index in [9.17, 15) is 14.4 Å². The zero-order chi connectivity index (χ0) is 18.4. The van der Waals surface area contributed by atoms with E-state index < -0.39 is 11.5 Å². The molecule has 2 amide bonds. The molecule has 1 N–H and O–H groups in total. The lowest BCUT2D eigenvalue weighted by Crippen LogP contribution is -2.46. The molecule has 25 heavy (non-hydrogen) atoms. The van der Waals surface area contributed by atoms with E-state index in [0.717, 1.165) is 12.8 Å². The molecule has 0 bridgehead atoms. The molecule has 0 aromatic carbocycles. The average Bonchev–Trinajstić information content (AvgIpc) is 2.96. The summed E-state index contributed by atoms with van der Waals surface area (Å²) in [4.78, 5) is 38.8. The molecule has 0 aromatic rings. The van der Waals surface area contributed by atoms with Gasteiger partial charge in [-0.15, -0.1) is 0 Å². The number of hydrogen-bond donors (Lipinski definition) is 1. The van der Waals surface area contributed by atoms with Crippen LogP contribution in [0, 0.1) is 5.92 Å². The minimum Gasteiger partial charge on any atom is -0.460 e. The standard InChI is InChI=1S/C19H30N2O4/c1-19(2,3)25-17(23)12-14-8-5-4-6-10-16(22)20-13-15-9-7-11-21(15)18(14)24/h4-5,14-15H,6-13H2,1-3H3,(H,20,22)/b5-4-/t14-,15-/m0/s1. The SMILES string of the molecule is CC(C)(C)OC(=O)C[C@@H]1C/C=C\CCC(=O)NC[C@@H]2CCCN2C1=O. The van der Waals surface area contributed by atoms with Gasteiger partial charge >= 0.3 is 5.97 Å². The van der Waals surface area contributed by atoms with E-state index in [-0.39, 0.29) is 30.2 Å². The lowest BCUT2D eigenvalue weighted by atomic mass is 9.98. The fourth-order valence-corrected chi connectivity index (χ4v) is 3.34. The van der Waals surface area contributed by atoms with Gasteiger partial charge in [0.15, 0.2) is 0 Å². The van der Waals surface area contributed by atoms with Crippen molar-refractivity contribution < 1.29 is 19.1 Å². The molecule has 0 radical (unpaired) electrons. The summed E-state index contributed by atoms with van der Waals surface area (Å²) in [5.41, 5.74) is -0.554. The maximum absolute atomic E-state index is 13.0. The third kappa shape index (κ3) is 6.18. The summed E-state index contributed by atoms with van der Waals surface area (Å²) in [5, 5.41) is 2.92. The molecule has 0 unspecified atom stereocenters. The van der Waals surface area contributed by atoms with Crippen LogP contribution in [0.1, 0.15) is 59.3 Å². The van der Waals surface area contributed by atoms with Crippen LogP contribution < -0.4 is 5.32 Å². The van der Waals surface area contributed by atoms with Crippen molar-refractivity contribution in [3.8, 4) is 0 Å². The van der Waals surface area contributed by atoms with E-state index in [1.807, 2.05) is 37.8 Å². The number of allylic oxidation sites excluding steroid dienone is 2. The molecule has 1 fully saturated rings. The summed E-state index contributed by atoms with van der Waals surface area (Å²) in [5.74, 6) is -0.722. The number of amides is 2. The van der Waals surface area contributed by atoms with Gasteiger partial charge in [-0.25, -0.2) is 0 Å². The van der Waals surface area contributed by atoms with Gasteiger partial charge in [-0.3, -0.25) is 14.4 Å². The summed E-state index contributed by atoms with van der Waals surface area (Å²) in [6, 6.07) is 0.0287. The number of ether oxygens (including phenoxy) is 1. The number of carbonyl (C=O) groups is 3.